The summed E-state index contributed by atoms with van der Waals surface area (Å²) in [4.78, 5) is 25.1. The van der Waals surface area contributed by atoms with Crippen LogP contribution in [0, 0.1) is 17.8 Å². The summed E-state index contributed by atoms with van der Waals surface area (Å²) < 4.78 is 0. The first-order valence-corrected chi connectivity index (χ1v) is 8.08. The molecule has 1 saturated carbocycles. The number of carboxylic acids is 1. The fourth-order valence-electron chi connectivity index (χ4n) is 3.74. The Morgan fingerprint density at radius 2 is 1.90 bits per heavy atom. The molecule has 1 aliphatic carbocycles. The van der Waals surface area contributed by atoms with Crippen molar-refractivity contribution in [2.45, 2.75) is 58.3 Å². The third kappa shape index (κ3) is 3.97. The first-order chi connectivity index (χ1) is 9.58. The van der Waals surface area contributed by atoms with Crippen molar-refractivity contribution < 1.29 is 14.7 Å². The molecule has 2 rings (SSSR count). The zero-order valence-corrected chi connectivity index (χ0v) is 12.5. The van der Waals surface area contributed by atoms with E-state index in [1.165, 1.54) is 32.1 Å². The van der Waals surface area contributed by atoms with Gasteiger partial charge in [-0.05, 0) is 31.1 Å². The van der Waals surface area contributed by atoms with Crippen LogP contribution in [0.4, 0.5) is 0 Å². The summed E-state index contributed by atoms with van der Waals surface area (Å²) in [6.07, 6.45) is 8.83. The fourth-order valence-corrected chi connectivity index (χ4v) is 3.74. The molecule has 1 saturated heterocycles. The summed E-state index contributed by atoms with van der Waals surface area (Å²) in [6.45, 7) is 3.17. The zero-order valence-electron chi connectivity index (χ0n) is 12.5. The van der Waals surface area contributed by atoms with Gasteiger partial charge in [-0.1, -0.05) is 32.6 Å². The van der Waals surface area contributed by atoms with Crippen LogP contribution >= 0.6 is 0 Å². The highest BCUT2D eigenvalue weighted by molar-refractivity contribution is 5.77. The van der Waals surface area contributed by atoms with Crippen molar-refractivity contribution >= 4 is 11.9 Å². The lowest BCUT2D eigenvalue weighted by atomic mass is 9.87. The molecule has 0 radical (unpaired) electrons. The average Bonchev–Trinajstić information content (AvgIpc) is 2.91. The van der Waals surface area contributed by atoms with Gasteiger partial charge in [0.1, 0.15) is 0 Å². The van der Waals surface area contributed by atoms with E-state index in [4.69, 9.17) is 5.11 Å². The molecule has 0 bridgehead atoms. The standard InChI is InChI=1S/C16H27NO3/c1-12-11-17(10-9-14(12)16(19)20)15(18)8-4-7-13-5-2-3-6-13/h12-14H,2-11H2,1H3,(H,19,20). The first kappa shape index (κ1) is 15.3. The van der Waals surface area contributed by atoms with Crippen molar-refractivity contribution in [3.63, 3.8) is 0 Å². The number of carbonyl (C=O) groups excluding carboxylic acids is 1. The summed E-state index contributed by atoms with van der Waals surface area (Å²) in [5.74, 6) is 0.140. The van der Waals surface area contributed by atoms with Crippen LogP contribution in [0.1, 0.15) is 58.3 Å². The van der Waals surface area contributed by atoms with Gasteiger partial charge in [-0.3, -0.25) is 9.59 Å². The van der Waals surface area contributed by atoms with Gasteiger partial charge in [0, 0.05) is 19.5 Å². The average molecular weight is 281 g/mol. The molecule has 2 unspecified atom stereocenters. The van der Waals surface area contributed by atoms with Gasteiger partial charge in [-0.15, -0.1) is 0 Å². The number of piperidine rings is 1. The van der Waals surface area contributed by atoms with Gasteiger partial charge in [0.25, 0.3) is 0 Å². The number of hydrogen-bond acceptors (Lipinski definition) is 2. The second kappa shape index (κ2) is 7.09. The second-order valence-electron chi connectivity index (χ2n) is 6.59. The Labute approximate surface area is 121 Å². The Kier molecular flexibility index (Phi) is 5.44. The van der Waals surface area contributed by atoms with E-state index in [1.54, 1.807) is 0 Å². The fraction of sp³-hybridized carbons (Fsp3) is 0.875. The summed E-state index contributed by atoms with van der Waals surface area (Å²) >= 11 is 0. The van der Waals surface area contributed by atoms with Gasteiger partial charge in [-0.25, -0.2) is 0 Å². The first-order valence-electron chi connectivity index (χ1n) is 8.08. The third-order valence-corrected chi connectivity index (χ3v) is 5.05. The van der Waals surface area contributed by atoms with Crippen molar-refractivity contribution in [3.05, 3.63) is 0 Å². The second-order valence-corrected chi connectivity index (χ2v) is 6.59. The lowest BCUT2D eigenvalue weighted by Gasteiger charge is -2.35. The number of carboxylic acid groups (broad SMARTS) is 1. The minimum atomic E-state index is -0.717. The number of hydrogen-bond donors (Lipinski definition) is 1. The molecule has 20 heavy (non-hydrogen) atoms. The maximum atomic E-state index is 12.2. The topological polar surface area (TPSA) is 57.6 Å². The maximum absolute atomic E-state index is 12.2. The number of aliphatic carboxylic acids is 1. The quantitative estimate of drug-likeness (QED) is 0.843. The van der Waals surface area contributed by atoms with Crippen molar-refractivity contribution in [1.82, 2.24) is 4.90 Å². The third-order valence-electron chi connectivity index (χ3n) is 5.05. The normalized spacial score (nSPS) is 27.8. The minimum Gasteiger partial charge on any atom is -0.481 e. The van der Waals surface area contributed by atoms with Crippen LogP contribution in [0.5, 0.6) is 0 Å². The predicted molar refractivity (Wildman–Crippen MR) is 77.3 cm³/mol. The Morgan fingerprint density at radius 3 is 2.50 bits per heavy atom. The van der Waals surface area contributed by atoms with E-state index in [1.807, 2.05) is 11.8 Å². The lowest BCUT2D eigenvalue weighted by Crippen LogP contribution is -2.44. The van der Waals surface area contributed by atoms with E-state index in [0.717, 1.165) is 12.3 Å². The van der Waals surface area contributed by atoms with Gasteiger partial charge >= 0.3 is 5.97 Å². The zero-order chi connectivity index (χ0) is 14.5. The number of likely N-dealkylation sites (tertiary alicyclic amines) is 1. The molecule has 0 aromatic rings. The molecule has 114 valence electrons. The largest absolute Gasteiger partial charge is 0.481 e. The van der Waals surface area contributed by atoms with Crippen molar-refractivity contribution in [2.24, 2.45) is 17.8 Å². The van der Waals surface area contributed by atoms with E-state index >= 15 is 0 Å². The van der Waals surface area contributed by atoms with Crippen LogP contribution in [0.25, 0.3) is 0 Å². The Hall–Kier alpha value is -1.06. The number of rotatable bonds is 5. The van der Waals surface area contributed by atoms with Gasteiger partial charge in [0.15, 0.2) is 0 Å². The lowest BCUT2D eigenvalue weighted by molar-refractivity contribution is -0.148. The van der Waals surface area contributed by atoms with Gasteiger partial charge in [0.2, 0.25) is 5.91 Å². The Balaban J connectivity index is 1.69. The smallest absolute Gasteiger partial charge is 0.306 e. The molecule has 1 amide bonds. The van der Waals surface area contributed by atoms with Crippen LogP contribution in [0.15, 0.2) is 0 Å². The van der Waals surface area contributed by atoms with Crippen LogP contribution in [0.2, 0.25) is 0 Å². The summed E-state index contributed by atoms with van der Waals surface area (Å²) in [5.41, 5.74) is 0. The van der Waals surface area contributed by atoms with E-state index in [0.29, 0.717) is 25.9 Å². The molecule has 4 nitrogen and oxygen atoms in total. The van der Waals surface area contributed by atoms with Crippen LogP contribution in [-0.2, 0) is 9.59 Å². The van der Waals surface area contributed by atoms with E-state index in [2.05, 4.69) is 0 Å². The molecule has 2 fully saturated rings. The monoisotopic (exact) mass is 281 g/mol. The highest BCUT2D eigenvalue weighted by atomic mass is 16.4. The van der Waals surface area contributed by atoms with Gasteiger partial charge < -0.3 is 10.0 Å². The van der Waals surface area contributed by atoms with E-state index in [-0.39, 0.29) is 17.7 Å². The van der Waals surface area contributed by atoms with Crippen LogP contribution in [-0.4, -0.2) is 35.0 Å². The molecule has 0 aromatic heterocycles. The maximum Gasteiger partial charge on any atom is 0.306 e. The molecule has 4 heteroatoms. The SMILES string of the molecule is CC1CN(C(=O)CCCC2CCCC2)CCC1C(=O)O. The summed E-state index contributed by atoms with van der Waals surface area (Å²) in [7, 11) is 0. The molecule has 2 atom stereocenters. The summed E-state index contributed by atoms with van der Waals surface area (Å²) in [6, 6.07) is 0. The van der Waals surface area contributed by atoms with Crippen molar-refractivity contribution in [1.29, 1.82) is 0 Å². The Bertz CT molecular complexity index is 350. The van der Waals surface area contributed by atoms with E-state index < -0.39 is 5.97 Å². The van der Waals surface area contributed by atoms with Crippen LogP contribution < -0.4 is 0 Å². The van der Waals surface area contributed by atoms with Crippen molar-refractivity contribution in [3.8, 4) is 0 Å². The Morgan fingerprint density at radius 1 is 1.20 bits per heavy atom. The van der Waals surface area contributed by atoms with Gasteiger partial charge in [0.05, 0.1) is 5.92 Å². The molecular weight excluding hydrogens is 254 g/mol. The number of nitrogens with zero attached hydrogens (tertiary/aromatic N) is 1. The number of amides is 1. The molecule has 2 aliphatic rings. The van der Waals surface area contributed by atoms with Crippen LogP contribution in [0.3, 0.4) is 0 Å². The molecule has 1 heterocycles. The highest BCUT2D eigenvalue weighted by Gasteiger charge is 2.32. The molecule has 0 aromatic carbocycles. The van der Waals surface area contributed by atoms with Crippen molar-refractivity contribution in [2.75, 3.05) is 13.1 Å². The molecule has 0 spiro atoms. The molecule has 1 aliphatic heterocycles. The molecule has 1 N–H and O–H groups in total. The predicted octanol–water partition coefficient (Wildman–Crippen LogP) is 2.92. The number of carbonyl (C=O) groups is 2. The minimum absolute atomic E-state index is 0.0695. The highest BCUT2D eigenvalue weighted by Crippen LogP contribution is 2.29. The molecular formula is C16H27NO3. The van der Waals surface area contributed by atoms with E-state index in [9.17, 15) is 9.59 Å². The van der Waals surface area contributed by atoms with Gasteiger partial charge in [-0.2, -0.15) is 0 Å². The summed E-state index contributed by atoms with van der Waals surface area (Å²) in [5, 5.41) is 9.09.